The van der Waals surface area contributed by atoms with Gasteiger partial charge in [0.2, 0.25) is 5.91 Å². The second-order valence-electron chi connectivity index (χ2n) is 4.30. The quantitative estimate of drug-likeness (QED) is 0.543. The lowest BCUT2D eigenvalue weighted by molar-refractivity contribution is -0.255. The van der Waals surface area contributed by atoms with E-state index in [4.69, 9.17) is 9.47 Å². The molecular formula is C14H19N2O5S-. The van der Waals surface area contributed by atoms with E-state index in [1.165, 1.54) is 18.3 Å². The van der Waals surface area contributed by atoms with Crippen LogP contribution in [0.25, 0.3) is 0 Å². The number of hydrogen-bond acceptors (Lipinski definition) is 7. The number of hydrogen-bond donors (Lipinski definition) is 0. The normalized spacial score (nSPS) is 10.5. The van der Waals surface area contributed by atoms with Crippen LogP contribution in [0, 0.1) is 0 Å². The lowest BCUT2D eigenvalue weighted by Crippen LogP contribution is -2.37. The molecule has 8 heteroatoms. The van der Waals surface area contributed by atoms with Gasteiger partial charge < -0.3 is 24.3 Å². The molecule has 0 aliphatic carbocycles. The minimum absolute atomic E-state index is 0.0133. The second kappa shape index (κ2) is 10.1. The first-order chi connectivity index (χ1) is 10.6. The Labute approximate surface area is 133 Å². The van der Waals surface area contributed by atoms with Gasteiger partial charge in [-0.05, 0) is 12.1 Å². The summed E-state index contributed by atoms with van der Waals surface area (Å²) >= 11 is 1.07. The molecule has 0 saturated carbocycles. The van der Waals surface area contributed by atoms with Gasteiger partial charge >= 0.3 is 0 Å². The molecule has 0 unspecified atom stereocenters. The lowest BCUT2D eigenvalue weighted by Gasteiger charge is -2.22. The molecule has 0 aromatic carbocycles. The number of methoxy groups -OCH3 is 2. The van der Waals surface area contributed by atoms with Gasteiger partial charge in [-0.1, -0.05) is 11.8 Å². The minimum atomic E-state index is -1.31. The molecule has 1 rings (SSSR count). The monoisotopic (exact) mass is 327 g/mol. The Bertz CT molecular complexity index is 490. The van der Waals surface area contributed by atoms with Crippen LogP contribution in [0.15, 0.2) is 23.4 Å². The highest BCUT2D eigenvalue weighted by molar-refractivity contribution is 8.00. The minimum Gasteiger partial charge on any atom is -0.545 e. The van der Waals surface area contributed by atoms with Gasteiger partial charge in [0.15, 0.2) is 0 Å². The van der Waals surface area contributed by atoms with E-state index < -0.39 is 5.97 Å². The van der Waals surface area contributed by atoms with Crippen LogP contribution in [-0.2, 0) is 14.3 Å². The van der Waals surface area contributed by atoms with Crippen molar-refractivity contribution in [2.75, 3.05) is 46.3 Å². The maximum Gasteiger partial charge on any atom is 0.233 e. The van der Waals surface area contributed by atoms with E-state index in [1.54, 1.807) is 19.1 Å². The van der Waals surface area contributed by atoms with Crippen LogP contribution in [0.4, 0.5) is 0 Å². The first kappa shape index (κ1) is 18.4. The topological polar surface area (TPSA) is 91.8 Å². The maximum absolute atomic E-state index is 12.2. The molecule has 0 fully saturated rings. The molecule has 0 aliphatic rings. The van der Waals surface area contributed by atoms with E-state index in [-0.39, 0.29) is 22.2 Å². The van der Waals surface area contributed by atoms with Gasteiger partial charge in [0, 0.05) is 39.1 Å². The molecule has 1 heterocycles. The van der Waals surface area contributed by atoms with Crippen molar-refractivity contribution in [3.63, 3.8) is 0 Å². The summed E-state index contributed by atoms with van der Waals surface area (Å²) in [7, 11) is 3.13. The average Bonchev–Trinajstić information content (AvgIpc) is 2.53. The number of amides is 1. The van der Waals surface area contributed by atoms with Crippen LogP contribution in [0.2, 0.25) is 0 Å². The predicted molar refractivity (Wildman–Crippen MR) is 79.6 cm³/mol. The van der Waals surface area contributed by atoms with Gasteiger partial charge in [-0.3, -0.25) is 4.79 Å². The molecule has 7 nitrogen and oxygen atoms in total. The van der Waals surface area contributed by atoms with Crippen molar-refractivity contribution in [1.29, 1.82) is 0 Å². The van der Waals surface area contributed by atoms with Gasteiger partial charge in [-0.25, -0.2) is 4.98 Å². The Morgan fingerprint density at radius 3 is 2.45 bits per heavy atom. The first-order valence-electron chi connectivity index (χ1n) is 6.65. The molecule has 0 aliphatic heterocycles. The molecule has 1 aromatic heterocycles. The average molecular weight is 327 g/mol. The zero-order valence-electron chi connectivity index (χ0n) is 12.6. The van der Waals surface area contributed by atoms with E-state index in [1.807, 2.05) is 0 Å². The van der Waals surface area contributed by atoms with Crippen LogP contribution in [-0.4, -0.2) is 68.0 Å². The number of aromatic carboxylic acids is 1. The van der Waals surface area contributed by atoms with Crippen molar-refractivity contribution in [3.8, 4) is 0 Å². The summed E-state index contributed by atoms with van der Waals surface area (Å²) in [5, 5.41) is 11.3. The van der Waals surface area contributed by atoms with Gasteiger partial charge in [0.05, 0.1) is 24.9 Å². The van der Waals surface area contributed by atoms with Crippen LogP contribution >= 0.6 is 11.8 Å². The number of carboxylic acids is 1. The number of carbonyl (C=O) groups is 2. The maximum atomic E-state index is 12.2. The fraction of sp³-hybridized carbons (Fsp3) is 0.500. The number of carbonyl (C=O) groups excluding carboxylic acids is 2. The highest BCUT2D eigenvalue weighted by Gasteiger charge is 2.15. The highest BCUT2D eigenvalue weighted by Crippen LogP contribution is 2.19. The number of carboxylic acid groups (broad SMARTS) is 1. The highest BCUT2D eigenvalue weighted by atomic mass is 32.2. The third-order valence-electron chi connectivity index (χ3n) is 2.81. The van der Waals surface area contributed by atoms with Crippen LogP contribution in [0.5, 0.6) is 0 Å². The van der Waals surface area contributed by atoms with E-state index in [0.717, 1.165) is 11.8 Å². The Morgan fingerprint density at radius 2 is 1.91 bits per heavy atom. The summed E-state index contributed by atoms with van der Waals surface area (Å²) in [4.78, 5) is 28.8. The van der Waals surface area contributed by atoms with Crippen molar-refractivity contribution in [2.45, 2.75) is 5.03 Å². The van der Waals surface area contributed by atoms with Crippen molar-refractivity contribution in [1.82, 2.24) is 9.88 Å². The molecule has 0 spiro atoms. The summed E-state index contributed by atoms with van der Waals surface area (Å²) < 4.78 is 9.95. The van der Waals surface area contributed by atoms with Crippen LogP contribution in [0.1, 0.15) is 10.4 Å². The van der Waals surface area contributed by atoms with E-state index >= 15 is 0 Å². The van der Waals surface area contributed by atoms with Crippen molar-refractivity contribution >= 4 is 23.6 Å². The molecule has 0 bridgehead atoms. The zero-order chi connectivity index (χ0) is 16.4. The van der Waals surface area contributed by atoms with Crippen molar-refractivity contribution < 1.29 is 24.2 Å². The first-order valence-corrected chi connectivity index (χ1v) is 7.63. The molecule has 1 aromatic rings. The third-order valence-corrected chi connectivity index (χ3v) is 3.80. The van der Waals surface area contributed by atoms with Gasteiger partial charge in [0.25, 0.3) is 0 Å². The summed E-state index contributed by atoms with van der Waals surface area (Å²) in [6.45, 7) is 1.76. The fourth-order valence-corrected chi connectivity index (χ4v) is 2.53. The largest absolute Gasteiger partial charge is 0.545 e. The Morgan fingerprint density at radius 1 is 1.27 bits per heavy atom. The second-order valence-corrected chi connectivity index (χ2v) is 5.26. The summed E-state index contributed by atoms with van der Waals surface area (Å²) in [6.07, 6.45) is 1.48. The molecule has 0 N–H and O–H groups in total. The van der Waals surface area contributed by atoms with E-state index in [0.29, 0.717) is 26.3 Å². The SMILES string of the molecule is COCCN(CCOC)C(=O)CSc1ncccc1C(=O)[O-]. The lowest BCUT2D eigenvalue weighted by atomic mass is 10.3. The number of aromatic nitrogens is 1. The number of ether oxygens (including phenoxy) is 2. The number of nitrogens with zero attached hydrogens (tertiary/aromatic N) is 2. The smallest absolute Gasteiger partial charge is 0.233 e. The Hall–Kier alpha value is -1.64. The number of thioether (sulfide) groups is 1. The summed E-state index contributed by atoms with van der Waals surface area (Å²) in [5.74, 6) is -1.35. The number of rotatable bonds is 10. The zero-order valence-corrected chi connectivity index (χ0v) is 13.4. The fourth-order valence-electron chi connectivity index (χ4n) is 1.65. The molecule has 0 atom stereocenters. The molecular weight excluding hydrogens is 308 g/mol. The summed E-state index contributed by atoms with van der Waals surface area (Å²) in [5.41, 5.74) is -0.0133. The Balaban J connectivity index is 2.63. The van der Waals surface area contributed by atoms with Gasteiger partial charge in [0.1, 0.15) is 5.03 Å². The van der Waals surface area contributed by atoms with E-state index in [9.17, 15) is 14.7 Å². The Kier molecular flexibility index (Phi) is 8.49. The molecule has 1 amide bonds. The number of pyridine rings is 1. The summed E-state index contributed by atoms with van der Waals surface area (Å²) in [6, 6.07) is 2.92. The predicted octanol–water partition coefficient (Wildman–Crippen LogP) is -0.341. The van der Waals surface area contributed by atoms with Gasteiger partial charge in [-0.2, -0.15) is 0 Å². The molecule has 0 radical (unpaired) electrons. The standard InChI is InChI=1S/C14H20N2O5S/c1-20-8-6-16(7-9-21-2)12(17)10-22-13-11(14(18)19)4-3-5-15-13/h3-5H,6-10H2,1-2H3,(H,18,19)/p-1. The van der Waals surface area contributed by atoms with Crippen molar-refractivity contribution in [2.24, 2.45) is 0 Å². The molecule has 22 heavy (non-hydrogen) atoms. The van der Waals surface area contributed by atoms with E-state index in [2.05, 4.69) is 4.98 Å². The molecule has 122 valence electrons. The third kappa shape index (κ3) is 6.00. The van der Waals surface area contributed by atoms with Gasteiger partial charge in [-0.15, -0.1) is 0 Å². The van der Waals surface area contributed by atoms with Crippen LogP contribution < -0.4 is 5.11 Å². The van der Waals surface area contributed by atoms with Crippen LogP contribution in [0.3, 0.4) is 0 Å². The molecule has 0 saturated heterocycles. The van der Waals surface area contributed by atoms with Crippen molar-refractivity contribution in [3.05, 3.63) is 23.9 Å².